The fourth-order valence-electron chi connectivity index (χ4n) is 1.31. The zero-order chi connectivity index (χ0) is 12.8. The lowest BCUT2D eigenvalue weighted by atomic mass is 10.4. The maximum Gasteiger partial charge on any atom is 0.230 e. The molecule has 4 nitrogen and oxygen atoms in total. The third-order valence-electron chi connectivity index (χ3n) is 2.19. The molecule has 2 rings (SSSR count). The highest BCUT2D eigenvalue weighted by molar-refractivity contribution is 8.00. The number of hydrogen-bond acceptors (Lipinski definition) is 3. The first-order valence-electron chi connectivity index (χ1n) is 5.37. The Bertz CT molecular complexity index is 499. The largest absolute Gasteiger partial charge is 0.348 e. The topological polar surface area (TPSA) is 57.8 Å². The number of carbonyl (C=O) groups is 1. The van der Waals surface area contributed by atoms with Gasteiger partial charge in [0.15, 0.2) is 0 Å². The van der Waals surface area contributed by atoms with Gasteiger partial charge in [-0.25, -0.2) is 9.37 Å². The second-order valence-corrected chi connectivity index (χ2v) is 4.60. The molecular formula is C12H12FN3OS. The molecule has 2 N–H and O–H groups in total. The summed E-state index contributed by atoms with van der Waals surface area (Å²) in [7, 11) is 0. The summed E-state index contributed by atoms with van der Waals surface area (Å²) in [4.78, 5) is 19.3. The standard InChI is InChI=1S/C12H12FN3OS/c13-9-1-3-10(4-2-9)18-8-12(17)16-7-11-14-5-6-15-11/h1-6H,7-8H2,(H,14,15)(H,16,17). The molecule has 0 saturated heterocycles. The van der Waals surface area contributed by atoms with Crippen LogP contribution in [0.25, 0.3) is 0 Å². The molecule has 94 valence electrons. The van der Waals surface area contributed by atoms with Gasteiger partial charge in [0.25, 0.3) is 0 Å². The maximum atomic E-state index is 12.7. The number of nitrogens with zero attached hydrogens (tertiary/aromatic N) is 1. The number of rotatable bonds is 5. The highest BCUT2D eigenvalue weighted by atomic mass is 32.2. The first-order chi connectivity index (χ1) is 8.74. The number of benzene rings is 1. The number of aromatic amines is 1. The van der Waals surface area contributed by atoms with Crippen LogP contribution in [0.2, 0.25) is 0 Å². The van der Waals surface area contributed by atoms with E-state index in [1.165, 1.54) is 23.9 Å². The average molecular weight is 265 g/mol. The van der Waals surface area contributed by atoms with Crippen LogP contribution in [-0.2, 0) is 11.3 Å². The van der Waals surface area contributed by atoms with E-state index in [2.05, 4.69) is 15.3 Å². The lowest BCUT2D eigenvalue weighted by molar-refractivity contribution is -0.118. The number of carbonyl (C=O) groups excluding carboxylic acids is 1. The van der Waals surface area contributed by atoms with E-state index < -0.39 is 0 Å². The lowest BCUT2D eigenvalue weighted by Crippen LogP contribution is -2.25. The van der Waals surface area contributed by atoms with Crippen molar-refractivity contribution < 1.29 is 9.18 Å². The molecule has 0 bridgehead atoms. The van der Waals surface area contributed by atoms with E-state index in [0.29, 0.717) is 12.3 Å². The van der Waals surface area contributed by atoms with E-state index >= 15 is 0 Å². The van der Waals surface area contributed by atoms with E-state index in [9.17, 15) is 9.18 Å². The van der Waals surface area contributed by atoms with Crippen molar-refractivity contribution in [3.63, 3.8) is 0 Å². The number of imidazole rings is 1. The Morgan fingerprint density at radius 3 is 2.83 bits per heavy atom. The van der Waals surface area contributed by atoms with E-state index in [1.54, 1.807) is 24.5 Å². The quantitative estimate of drug-likeness (QED) is 0.812. The number of amides is 1. The molecule has 6 heteroatoms. The monoisotopic (exact) mass is 265 g/mol. The van der Waals surface area contributed by atoms with Gasteiger partial charge in [-0.3, -0.25) is 4.79 Å². The molecule has 1 heterocycles. The molecule has 0 spiro atoms. The Kier molecular flexibility index (Phi) is 4.35. The molecule has 1 aromatic carbocycles. The third kappa shape index (κ3) is 3.89. The highest BCUT2D eigenvalue weighted by Crippen LogP contribution is 2.17. The van der Waals surface area contributed by atoms with Crippen molar-refractivity contribution in [2.24, 2.45) is 0 Å². The number of H-pyrrole nitrogens is 1. The van der Waals surface area contributed by atoms with E-state index in [0.717, 1.165) is 10.7 Å². The fraction of sp³-hybridized carbons (Fsp3) is 0.167. The number of halogens is 1. The van der Waals surface area contributed by atoms with Crippen molar-refractivity contribution in [3.8, 4) is 0 Å². The maximum absolute atomic E-state index is 12.7. The van der Waals surface area contributed by atoms with Crippen LogP contribution in [0.1, 0.15) is 5.82 Å². The minimum Gasteiger partial charge on any atom is -0.348 e. The van der Waals surface area contributed by atoms with E-state index in [4.69, 9.17) is 0 Å². The molecule has 0 aliphatic heterocycles. The van der Waals surface area contributed by atoms with E-state index in [1.807, 2.05) is 0 Å². The van der Waals surface area contributed by atoms with Gasteiger partial charge in [0.1, 0.15) is 11.6 Å². The summed E-state index contributed by atoms with van der Waals surface area (Å²) in [5, 5.41) is 2.74. The van der Waals surface area contributed by atoms with Gasteiger partial charge in [-0.05, 0) is 24.3 Å². The molecular weight excluding hydrogens is 253 g/mol. The second kappa shape index (κ2) is 6.20. The molecule has 0 fully saturated rings. The first-order valence-corrected chi connectivity index (χ1v) is 6.36. The minimum absolute atomic E-state index is 0.0827. The zero-order valence-corrected chi connectivity index (χ0v) is 10.3. The molecule has 0 atom stereocenters. The van der Waals surface area contributed by atoms with Gasteiger partial charge in [0.2, 0.25) is 5.91 Å². The van der Waals surface area contributed by atoms with Crippen LogP contribution in [0.15, 0.2) is 41.6 Å². The number of thioether (sulfide) groups is 1. The van der Waals surface area contributed by atoms with Gasteiger partial charge in [0, 0.05) is 17.3 Å². The Labute approximate surface area is 108 Å². The van der Waals surface area contributed by atoms with Gasteiger partial charge in [-0.1, -0.05) is 0 Å². The molecule has 0 unspecified atom stereocenters. The van der Waals surface area contributed by atoms with E-state index in [-0.39, 0.29) is 11.7 Å². The Morgan fingerprint density at radius 2 is 2.17 bits per heavy atom. The summed E-state index contributed by atoms with van der Waals surface area (Å²) in [6, 6.07) is 6.06. The normalized spacial score (nSPS) is 10.3. The number of aromatic nitrogens is 2. The molecule has 0 radical (unpaired) electrons. The molecule has 1 aromatic heterocycles. The van der Waals surface area contributed by atoms with Gasteiger partial charge in [-0.15, -0.1) is 11.8 Å². The van der Waals surface area contributed by atoms with Crippen LogP contribution in [0.5, 0.6) is 0 Å². The Balaban J connectivity index is 1.73. The summed E-state index contributed by atoms with van der Waals surface area (Å²) in [6.45, 7) is 0.385. The molecule has 2 aromatic rings. The van der Waals surface area contributed by atoms with Crippen molar-refractivity contribution >= 4 is 17.7 Å². The van der Waals surface area contributed by atoms with Gasteiger partial charge < -0.3 is 10.3 Å². The summed E-state index contributed by atoms with van der Waals surface area (Å²) in [5.41, 5.74) is 0. The van der Waals surface area contributed by atoms with Gasteiger partial charge >= 0.3 is 0 Å². The number of nitrogens with one attached hydrogen (secondary N) is 2. The summed E-state index contributed by atoms with van der Waals surface area (Å²) in [5.74, 6) is 0.657. The van der Waals surface area contributed by atoms with Gasteiger partial charge in [0.05, 0.1) is 12.3 Å². The van der Waals surface area contributed by atoms with Crippen molar-refractivity contribution in [2.45, 2.75) is 11.4 Å². The predicted octanol–water partition coefficient (Wildman–Crippen LogP) is 1.96. The predicted molar refractivity (Wildman–Crippen MR) is 67.6 cm³/mol. The van der Waals surface area contributed by atoms with Crippen LogP contribution in [0, 0.1) is 5.82 Å². The van der Waals surface area contributed by atoms with Crippen molar-refractivity contribution in [1.29, 1.82) is 0 Å². The molecule has 0 saturated carbocycles. The van der Waals surface area contributed by atoms with Crippen LogP contribution < -0.4 is 5.32 Å². The van der Waals surface area contributed by atoms with Crippen LogP contribution >= 0.6 is 11.8 Å². The first kappa shape index (κ1) is 12.6. The number of hydrogen-bond donors (Lipinski definition) is 2. The second-order valence-electron chi connectivity index (χ2n) is 3.56. The highest BCUT2D eigenvalue weighted by Gasteiger charge is 2.03. The minimum atomic E-state index is -0.276. The SMILES string of the molecule is O=C(CSc1ccc(F)cc1)NCc1ncc[nH]1. The summed E-state index contributed by atoms with van der Waals surface area (Å²) < 4.78 is 12.7. The van der Waals surface area contributed by atoms with Crippen molar-refractivity contribution in [3.05, 3.63) is 48.3 Å². The van der Waals surface area contributed by atoms with Crippen molar-refractivity contribution in [2.75, 3.05) is 5.75 Å². The third-order valence-corrected chi connectivity index (χ3v) is 3.20. The molecule has 0 aliphatic rings. The Hall–Kier alpha value is -1.82. The van der Waals surface area contributed by atoms with Crippen LogP contribution in [0.3, 0.4) is 0 Å². The van der Waals surface area contributed by atoms with Crippen molar-refractivity contribution in [1.82, 2.24) is 15.3 Å². The van der Waals surface area contributed by atoms with Gasteiger partial charge in [-0.2, -0.15) is 0 Å². The smallest absolute Gasteiger partial charge is 0.230 e. The fourth-order valence-corrected chi connectivity index (χ4v) is 2.04. The zero-order valence-electron chi connectivity index (χ0n) is 9.52. The van der Waals surface area contributed by atoms with Crippen LogP contribution in [0.4, 0.5) is 4.39 Å². The molecule has 18 heavy (non-hydrogen) atoms. The van der Waals surface area contributed by atoms with Crippen LogP contribution in [-0.4, -0.2) is 21.6 Å². The average Bonchev–Trinajstić information content (AvgIpc) is 2.89. The summed E-state index contributed by atoms with van der Waals surface area (Å²) in [6.07, 6.45) is 3.34. The summed E-state index contributed by atoms with van der Waals surface area (Å²) >= 11 is 1.37. The lowest BCUT2D eigenvalue weighted by Gasteiger charge is -2.03. The molecule has 1 amide bonds. The molecule has 0 aliphatic carbocycles. The Morgan fingerprint density at radius 1 is 1.39 bits per heavy atom.